The standard InChI is InChI=1S/C34H39N7O4/c1-21-27(5-4-6-28(21)40-33(44)30-17-23(11-13-37-30)18-35-15-16-42)32-22(2)26(12-14-38-32)29-9-7-24(34(41-29)45-3)19-36-20-25-8-10-31(43)39-25/h4-7,9,11-14,17,25,35-36,42H,8,10,15-16,18-20H2,1-3H3,(H,39,43)(H,40,44)/t25-/m1/s1. The molecule has 0 radical (unpaired) electrons. The lowest BCUT2D eigenvalue weighted by atomic mass is 9.96. The predicted octanol–water partition coefficient (Wildman–Crippen LogP) is 3.53. The fraction of sp³-hybridized carbons (Fsp3) is 0.324. The highest BCUT2D eigenvalue weighted by Gasteiger charge is 2.21. The van der Waals surface area contributed by atoms with Gasteiger partial charge in [0.05, 0.1) is 25.1 Å². The molecule has 1 atom stereocenters. The molecule has 0 spiro atoms. The molecular weight excluding hydrogens is 570 g/mol. The molecular formula is C34H39N7O4. The van der Waals surface area contributed by atoms with Gasteiger partial charge in [0.25, 0.3) is 5.91 Å². The van der Waals surface area contributed by atoms with E-state index in [2.05, 4.69) is 26.3 Å². The van der Waals surface area contributed by atoms with E-state index in [0.717, 1.165) is 51.2 Å². The van der Waals surface area contributed by atoms with E-state index >= 15 is 0 Å². The van der Waals surface area contributed by atoms with Crippen LogP contribution in [-0.2, 0) is 17.9 Å². The third-order valence-corrected chi connectivity index (χ3v) is 7.92. The number of aromatic nitrogens is 3. The maximum absolute atomic E-state index is 13.1. The van der Waals surface area contributed by atoms with Gasteiger partial charge in [0.1, 0.15) is 5.69 Å². The number of nitrogens with zero attached hydrogens (tertiary/aromatic N) is 3. The Morgan fingerprint density at radius 3 is 2.64 bits per heavy atom. The van der Waals surface area contributed by atoms with Gasteiger partial charge in [-0.15, -0.1) is 0 Å². The van der Waals surface area contributed by atoms with Crippen LogP contribution in [0.5, 0.6) is 5.88 Å². The van der Waals surface area contributed by atoms with E-state index in [1.54, 1.807) is 25.6 Å². The zero-order valence-corrected chi connectivity index (χ0v) is 25.8. The zero-order valence-electron chi connectivity index (χ0n) is 25.8. The Balaban J connectivity index is 1.33. The van der Waals surface area contributed by atoms with Crippen LogP contribution in [0.1, 0.15) is 45.6 Å². The number of benzene rings is 1. The Kier molecular flexibility index (Phi) is 10.5. The number of pyridine rings is 3. The summed E-state index contributed by atoms with van der Waals surface area (Å²) >= 11 is 0. The Morgan fingerprint density at radius 2 is 1.87 bits per heavy atom. The first kappa shape index (κ1) is 31.7. The lowest BCUT2D eigenvalue weighted by molar-refractivity contribution is -0.119. The predicted molar refractivity (Wildman–Crippen MR) is 173 cm³/mol. The van der Waals surface area contributed by atoms with Crippen molar-refractivity contribution in [2.75, 3.05) is 32.1 Å². The van der Waals surface area contributed by atoms with E-state index in [9.17, 15) is 9.59 Å². The summed E-state index contributed by atoms with van der Waals surface area (Å²) in [7, 11) is 1.61. The first-order valence-corrected chi connectivity index (χ1v) is 15.1. The Morgan fingerprint density at radius 1 is 1.02 bits per heavy atom. The average Bonchev–Trinajstić information content (AvgIpc) is 3.47. The highest BCUT2D eigenvalue weighted by Crippen LogP contribution is 2.34. The van der Waals surface area contributed by atoms with Crippen molar-refractivity contribution in [2.45, 2.75) is 45.8 Å². The van der Waals surface area contributed by atoms with Crippen LogP contribution >= 0.6 is 0 Å². The quantitative estimate of drug-likeness (QED) is 0.143. The molecule has 234 valence electrons. The van der Waals surface area contributed by atoms with E-state index in [-0.39, 0.29) is 24.5 Å². The van der Waals surface area contributed by atoms with Crippen molar-refractivity contribution in [3.8, 4) is 28.4 Å². The van der Waals surface area contributed by atoms with Crippen LogP contribution < -0.4 is 26.0 Å². The smallest absolute Gasteiger partial charge is 0.274 e. The summed E-state index contributed by atoms with van der Waals surface area (Å²) in [5, 5.41) is 21.5. The second-order valence-electron chi connectivity index (χ2n) is 11.0. The largest absolute Gasteiger partial charge is 0.481 e. The number of hydrogen-bond acceptors (Lipinski definition) is 9. The molecule has 0 bridgehead atoms. The number of ether oxygens (including phenoxy) is 1. The third-order valence-electron chi connectivity index (χ3n) is 7.92. The Labute approximate surface area is 262 Å². The van der Waals surface area contributed by atoms with Gasteiger partial charge < -0.3 is 31.1 Å². The minimum Gasteiger partial charge on any atom is -0.481 e. The van der Waals surface area contributed by atoms with Crippen LogP contribution in [0, 0.1) is 13.8 Å². The van der Waals surface area contributed by atoms with Crippen LogP contribution in [0.2, 0.25) is 0 Å². The van der Waals surface area contributed by atoms with Gasteiger partial charge in [0, 0.05) is 73.4 Å². The molecule has 0 saturated carbocycles. The average molecular weight is 610 g/mol. The number of anilines is 1. The van der Waals surface area contributed by atoms with Crippen LogP contribution in [-0.4, -0.2) is 64.7 Å². The van der Waals surface area contributed by atoms with Crippen molar-refractivity contribution < 1.29 is 19.4 Å². The van der Waals surface area contributed by atoms with Crippen LogP contribution in [0.4, 0.5) is 5.69 Å². The van der Waals surface area contributed by atoms with Gasteiger partial charge in [-0.1, -0.05) is 18.2 Å². The molecule has 5 N–H and O–H groups in total. The van der Waals surface area contributed by atoms with Crippen molar-refractivity contribution in [1.82, 2.24) is 30.9 Å². The summed E-state index contributed by atoms with van der Waals surface area (Å²) in [6.45, 7) is 6.28. The molecule has 0 aliphatic carbocycles. The summed E-state index contributed by atoms with van der Waals surface area (Å²) < 4.78 is 5.65. The van der Waals surface area contributed by atoms with Crippen molar-refractivity contribution in [3.63, 3.8) is 0 Å². The minimum absolute atomic E-state index is 0.0457. The van der Waals surface area contributed by atoms with Crippen molar-refractivity contribution >= 4 is 17.5 Å². The van der Waals surface area contributed by atoms with Gasteiger partial charge in [-0.3, -0.25) is 19.6 Å². The van der Waals surface area contributed by atoms with Crippen molar-refractivity contribution in [3.05, 3.63) is 88.9 Å². The highest BCUT2D eigenvalue weighted by molar-refractivity contribution is 6.04. The van der Waals surface area contributed by atoms with Crippen LogP contribution in [0.3, 0.4) is 0 Å². The molecule has 5 rings (SSSR count). The van der Waals surface area contributed by atoms with Crippen molar-refractivity contribution in [1.29, 1.82) is 0 Å². The summed E-state index contributed by atoms with van der Waals surface area (Å²) in [5.74, 6) is 0.333. The van der Waals surface area contributed by atoms with Gasteiger partial charge in [0.2, 0.25) is 11.8 Å². The second-order valence-corrected chi connectivity index (χ2v) is 11.0. The molecule has 3 aromatic heterocycles. The molecule has 4 aromatic rings. The number of aliphatic hydroxyl groups excluding tert-OH is 1. The normalized spacial score (nSPS) is 14.3. The summed E-state index contributed by atoms with van der Waals surface area (Å²) in [5.41, 5.74) is 8.02. The fourth-order valence-corrected chi connectivity index (χ4v) is 5.46. The first-order chi connectivity index (χ1) is 21.9. The van der Waals surface area contributed by atoms with Crippen LogP contribution in [0.25, 0.3) is 22.5 Å². The molecule has 11 nitrogen and oxygen atoms in total. The van der Waals surface area contributed by atoms with E-state index in [1.807, 2.05) is 56.3 Å². The fourth-order valence-electron chi connectivity index (χ4n) is 5.46. The minimum atomic E-state index is -0.309. The lowest BCUT2D eigenvalue weighted by Crippen LogP contribution is -2.35. The number of carbonyl (C=O) groups excluding carboxylic acids is 2. The number of rotatable bonds is 13. The molecule has 1 fully saturated rings. The van der Waals surface area contributed by atoms with Gasteiger partial charge >= 0.3 is 0 Å². The molecule has 4 heterocycles. The molecule has 11 heteroatoms. The number of amides is 2. The van der Waals surface area contributed by atoms with Gasteiger partial charge in [-0.2, -0.15) is 0 Å². The number of nitrogens with one attached hydrogen (secondary N) is 4. The highest BCUT2D eigenvalue weighted by atomic mass is 16.5. The second kappa shape index (κ2) is 14.8. The maximum Gasteiger partial charge on any atom is 0.274 e. The lowest BCUT2D eigenvalue weighted by Gasteiger charge is -2.16. The van der Waals surface area contributed by atoms with E-state index in [4.69, 9.17) is 19.8 Å². The number of carbonyl (C=O) groups is 2. The zero-order chi connectivity index (χ0) is 31.8. The van der Waals surface area contributed by atoms with Gasteiger partial charge in [0.15, 0.2) is 0 Å². The third kappa shape index (κ3) is 7.69. The molecule has 1 aromatic carbocycles. The molecule has 1 aliphatic heterocycles. The van der Waals surface area contributed by atoms with Crippen molar-refractivity contribution in [2.24, 2.45) is 0 Å². The number of hydrogen-bond donors (Lipinski definition) is 5. The van der Waals surface area contributed by atoms with Gasteiger partial charge in [-0.25, -0.2) is 4.98 Å². The number of methoxy groups -OCH3 is 1. The molecule has 0 unspecified atom stereocenters. The topological polar surface area (TPSA) is 150 Å². The summed E-state index contributed by atoms with van der Waals surface area (Å²) in [6, 6.07) is 15.4. The summed E-state index contributed by atoms with van der Waals surface area (Å²) in [4.78, 5) is 38.4. The van der Waals surface area contributed by atoms with Gasteiger partial charge in [-0.05, 0) is 67.3 Å². The Bertz CT molecular complexity index is 1680. The van der Waals surface area contributed by atoms with E-state index in [1.165, 1.54) is 0 Å². The first-order valence-electron chi connectivity index (χ1n) is 15.1. The maximum atomic E-state index is 13.1. The molecule has 1 saturated heterocycles. The number of aliphatic hydroxyl groups is 1. The molecule has 45 heavy (non-hydrogen) atoms. The Hall–Kier alpha value is -4.71. The summed E-state index contributed by atoms with van der Waals surface area (Å²) in [6.07, 6.45) is 4.79. The molecule has 2 amide bonds. The van der Waals surface area contributed by atoms with Crippen LogP contribution in [0.15, 0.2) is 60.9 Å². The molecule has 1 aliphatic rings. The SMILES string of the molecule is COc1nc(-c2ccnc(-c3cccc(NC(=O)c4cc(CNCCO)ccn4)c3C)c2C)ccc1CNC[C@H]1CCC(=O)N1. The monoisotopic (exact) mass is 609 g/mol. The van der Waals surface area contributed by atoms with E-state index < -0.39 is 0 Å². The van der Waals surface area contributed by atoms with E-state index in [0.29, 0.717) is 49.9 Å².